The van der Waals surface area contributed by atoms with Gasteiger partial charge in [0.25, 0.3) is 0 Å². The molecule has 1 aromatic rings. The molecule has 0 fully saturated rings. The molecule has 2 nitrogen and oxygen atoms in total. The molecule has 0 unspecified atom stereocenters. The lowest BCUT2D eigenvalue weighted by Crippen LogP contribution is -1.87. The average molecular weight is 148 g/mol. The van der Waals surface area contributed by atoms with Gasteiger partial charge in [-0.15, -0.1) is 0 Å². The first-order chi connectivity index (χ1) is 5.27. The van der Waals surface area contributed by atoms with Gasteiger partial charge in [-0.3, -0.25) is 4.79 Å². The summed E-state index contributed by atoms with van der Waals surface area (Å²) in [6, 6.07) is 5.34. The van der Waals surface area contributed by atoms with E-state index in [1.807, 2.05) is 0 Å². The minimum absolute atomic E-state index is 0.149. The highest BCUT2D eigenvalue weighted by Crippen LogP contribution is 2.06. The van der Waals surface area contributed by atoms with E-state index in [0.29, 0.717) is 0 Å². The van der Waals surface area contributed by atoms with Gasteiger partial charge in [0.15, 0.2) is 0 Å². The minimum atomic E-state index is -0.709. The van der Waals surface area contributed by atoms with E-state index in [1.165, 1.54) is 18.4 Å². The van der Waals surface area contributed by atoms with Gasteiger partial charge in [-0.1, -0.05) is 0 Å². The van der Waals surface area contributed by atoms with Crippen LogP contribution >= 0.6 is 0 Å². The summed E-state index contributed by atoms with van der Waals surface area (Å²) in [5.74, 6) is -0.709. The molecule has 0 heterocycles. The normalized spacial score (nSPS) is 8.73. The Labute approximate surface area is 62.9 Å². The molecule has 0 spiro atoms. The smallest absolute Gasteiger partial charge is 0.236 e. The van der Waals surface area contributed by atoms with E-state index in [4.69, 9.17) is 5.26 Å². The van der Waals surface area contributed by atoms with Crippen molar-refractivity contribution in [1.82, 2.24) is 0 Å². The summed E-state index contributed by atoms with van der Waals surface area (Å²) in [4.78, 5) is 9.98. The zero-order valence-corrected chi connectivity index (χ0v) is 5.47. The zero-order chi connectivity index (χ0) is 8.27. The molecule has 0 saturated carbocycles. The number of hydrogen-bond acceptors (Lipinski definition) is 2. The molecular weight excluding hydrogens is 145 g/mol. The molecule has 0 saturated heterocycles. The minimum Gasteiger partial charge on any atom is -0.285 e. The van der Waals surface area contributed by atoms with Gasteiger partial charge < -0.3 is 0 Å². The SMILES string of the molecule is N#Cc1ccc([C]=O)c(F)c1. The molecule has 0 N–H and O–H groups in total. The molecule has 11 heavy (non-hydrogen) atoms. The van der Waals surface area contributed by atoms with E-state index >= 15 is 0 Å². The van der Waals surface area contributed by atoms with Crippen LogP contribution < -0.4 is 0 Å². The maximum atomic E-state index is 12.6. The molecule has 0 aromatic heterocycles. The molecular formula is C8H3FNO. The van der Waals surface area contributed by atoms with Crippen molar-refractivity contribution in [1.29, 1.82) is 5.26 Å². The van der Waals surface area contributed by atoms with Crippen molar-refractivity contribution in [2.45, 2.75) is 0 Å². The fraction of sp³-hybridized carbons (Fsp3) is 0. The van der Waals surface area contributed by atoms with Crippen molar-refractivity contribution in [3.05, 3.63) is 35.1 Å². The fourth-order valence-electron chi connectivity index (χ4n) is 0.667. The summed E-state index contributed by atoms with van der Waals surface area (Å²) in [5.41, 5.74) is 0.0468. The Hall–Kier alpha value is -1.69. The highest BCUT2D eigenvalue weighted by atomic mass is 19.1. The lowest BCUT2D eigenvalue weighted by atomic mass is 10.1. The standard InChI is InChI=1S/C8H3FNO/c9-8-3-6(4-10)1-2-7(8)5-11/h1-3H. The van der Waals surface area contributed by atoms with Crippen LogP contribution in [0.1, 0.15) is 11.1 Å². The van der Waals surface area contributed by atoms with Crippen LogP contribution in [0.3, 0.4) is 0 Å². The Morgan fingerprint density at radius 3 is 2.64 bits per heavy atom. The molecule has 0 aliphatic heterocycles. The van der Waals surface area contributed by atoms with Gasteiger partial charge in [-0.05, 0) is 18.2 Å². The largest absolute Gasteiger partial charge is 0.285 e. The Morgan fingerprint density at radius 2 is 2.18 bits per heavy atom. The lowest BCUT2D eigenvalue weighted by molar-refractivity contribution is 0.556. The van der Waals surface area contributed by atoms with E-state index in [0.717, 1.165) is 6.07 Å². The van der Waals surface area contributed by atoms with Gasteiger partial charge in [0.05, 0.1) is 17.2 Å². The van der Waals surface area contributed by atoms with Crippen LogP contribution in [0.5, 0.6) is 0 Å². The quantitative estimate of drug-likeness (QED) is 0.599. The second kappa shape index (κ2) is 2.93. The monoisotopic (exact) mass is 148 g/mol. The highest BCUT2D eigenvalue weighted by molar-refractivity contribution is 5.75. The molecule has 0 atom stereocenters. The lowest BCUT2D eigenvalue weighted by Gasteiger charge is -1.91. The van der Waals surface area contributed by atoms with Crippen molar-refractivity contribution < 1.29 is 9.18 Å². The number of carbonyl (C=O) groups excluding carboxylic acids is 1. The van der Waals surface area contributed by atoms with Crippen molar-refractivity contribution in [2.75, 3.05) is 0 Å². The molecule has 0 aliphatic carbocycles. The molecule has 53 valence electrons. The highest BCUT2D eigenvalue weighted by Gasteiger charge is 2.01. The molecule has 0 amide bonds. The predicted molar refractivity (Wildman–Crippen MR) is 35.9 cm³/mol. The Kier molecular flexibility index (Phi) is 1.98. The molecule has 1 aromatic carbocycles. The number of nitriles is 1. The first-order valence-corrected chi connectivity index (χ1v) is 2.85. The van der Waals surface area contributed by atoms with Crippen molar-refractivity contribution in [3.8, 4) is 6.07 Å². The Morgan fingerprint density at radius 1 is 1.45 bits per heavy atom. The number of nitrogens with zero attached hydrogens (tertiary/aromatic N) is 1. The second-order valence-electron chi connectivity index (χ2n) is 1.91. The maximum Gasteiger partial charge on any atom is 0.236 e. The van der Waals surface area contributed by atoms with Gasteiger partial charge in [0.1, 0.15) is 5.82 Å². The summed E-state index contributed by atoms with van der Waals surface area (Å²) in [6.45, 7) is 0. The third kappa shape index (κ3) is 1.41. The van der Waals surface area contributed by atoms with Crippen LogP contribution in [-0.4, -0.2) is 6.29 Å². The third-order valence-electron chi connectivity index (χ3n) is 1.21. The first-order valence-electron chi connectivity index (χ1n) is 2.85. The molecule has 0 bridgehead atoms. The number of rotatable bonds is 1. The van der Waals surface area contributed by atoms with E-state index < -0.39 is 5.82 Å². The molecule has 1 rings (SSSR count). The van der Waals surface area contributed by atoms with Gasteiger partial charge in [0.2, 0.25) is 6.29 Å². The van der Waals surface area contributed by atoms with Gasteiger partial charge in [-0.2, -0.15) is 5.26 Å². The predicted octanol–water partition coefficient (Wildman–Crippen LogP) is 1.16. The average Bonchev–Trinajstić information content (AvgIpc) is 2.04. The van der Waals surface area contributed by atoms with Gasteiger partial charge in [-0.25, -0.2) is 4.39 Å². The Bertz CT molecular complexity index is 327. The fourth-order valence-corrected chi connectivity index (χ4v) is 0.667. The van der Waals surface area contributed by atoms with Crippen LogP contribution in [0.4, 0.5) is 4.39 Å². The van der Waals surface area contributed by atoms with Crippen LogP contribution in [0.25, 0.3) is 0 Å². The molecule has 1 radical (unpaired) electrons. The maximum absolute atomic E-state index is 12.6. The van der Waals surface area contributed by atoms with E-state index in [2.05, 4.69) is 0 Å². The van der Waals surface area contributed by atoms with Crippen LogP contribution in [0.2, 0.25) is 0 Å². The molecule has 3 heteroatoms. The van der Waals surface area contributed by atoms with E-state index in [1.54, 1.807) is 6.07 Å². The van der Waals surface area contributed by atoms with Crippen LogP contribution in [0.15, 0.2) is 18.2 Å². The van der Waals surface area contributed by atoms with Crippen molar-refractivity contribution in [3.63, 3.8) is 0 Å². The van der Waals surface area contributed by atoms with Crippen molar-refractivity contribution in [2.24, 2.45) is 0 Å². The number of benzene rings is 1. The zero-order valence-electron chi connectivity index (χ0n) is 5.47. The van der Waals surface area contributed by atoms with Crippen LogP contribution in [-0.2, 0) is 4.79 Å². The summed E-state index contributed by atoms with van der Waals surface area (Å²) in [7, 11) is 0. The number of hydrogen-bond donors (Lipinski definition) is 0. The van der Waals surface area contributed by atoms with Crippen LogP contribution in [0, 0.1) is 17.1 Å². The summed E-state index contributed by atoms with van der Waals surface area (Å²) >= 11 is 0. The summed E-state index contributed by atoms with van der Waals surface area (Å²) in [6.07, 6.45) is 1.41. The third-order valence-corrected chi connectivity index (χ3v) is 1.21. The number of halogens is 1. The van der Waals surface area contributed by atoms with Crippen molar-refractivity contribution >= 4 is 6.29 Å². The summed E-state index contributed by atoms with van der Waals surface area (Å²) in [5, 5.41) is 8.31. The Balaban J connectivity index is 3.22. The topological polar surface area (TPSA) is 40.9 Å². The van der Waals surface area contributed by atoms with Gasteiger partial charge in [0, 0.05) is 0 Å². The van der Waals surface area contributed by atoms with E-state index in [9.17, 15) is 9.18 Å². The summed E-state index contributed by atoms with van der Waals surface area (Å²) < 4.78 is 12.6. The molecule has 0 aliphatic rings. The van der Waals surface area contributed by atoms with Gasteiger partial charge >= 0.3 is 0 Å². The first kappa shape index (κ1) is 7.42. The van der Waals surface area contributed by atoms with E-state index in [-0.39, 0.29) is 11.1 Å². The second-order valence-corrected chi connectivity index (χ2v) is 1.91.